The molecule has 1 atom stereocenters. The number of halogens is 1. The molecule has 1 unspecified atom stereocenters. The zero-order valence-electron chi connectivity index (χ0n) is 11.9. The van der Waals surface area contributed by atoms with Gasteiger partial charge >= 0.3 is 0 Å². The molecule has 0 bridgehead atoms. The Morgan fingerprint density at radius 2 is 2.11 bits per heavy atom. The molecule has 1 aromatic rings. The minimum Gasteiger partial charge on any atom is -0.496 e. The summed E-state index contributed by atoms with van der Waals surface area (Å²) in [5, 5.41) is 0. The van der Waals surface area contributed by atoms with E-state index in [0.717, 1.165) is 24.2 Å². The van der Waals surface area contributed by atoms with Gasteiger partial charge in [-0.05, 0) is 31.4 Å². The highest BCUT2D eigenvalue weighted by molar-refractivity contribution is 6.17. The first kappa shape index (κ1) is 15.8. The first-order valence-electron chi connectivity index (χ1n) is 6.53. The molecule has 0 saturated carbocycles. The third-order valence-electron chi connectivity index (χ3n) is 3.29. The third-order valence-corrected chi connectivity index (χ3v) is 3.55. The van der Waals surface area contributed by atoms with Gasteiger partial charge in [0.05, 0.1) is 7.11 Å². The largest absolute Gasteiger partial charge is 0.496 e. The fourth-order valence-corrected chi connectivity index (χ4v) is 2.10. The van der Waals surface area contributed by atoms with Gasteiger partial charge in [-0.3, -0.25) is 4.79 Å². The van der Waals surface area contributed by atoms with Gasteiger partial charge in [0.2, 0.25) is 5.91 Å². The van der Waals surface area contributed by atoms with E-state index in [9.17, 15) is 4.79 Å². The Kier molecular flexibility index (Phi) is 6.71. The van der Waals surface area contributed by atoms with E-state index < -0.39 is 0 Å². The van der Waals surface area contributed by atoms with E-state index in [4.69, 9.17) is 16.3 Å². The number of ether oxygens (including phenoxy) is 1. The van der Waals surface area contributed by atoms with Crippen molar-refractivity contribution in [2.75, 3.05) is 20.0 Å². The van der Waals surface area contributed by atoms with Crippen LogP contribution in [0.5, 0.6) is 5.75 Å². The number of hydrogen-bond acceptors (Lipinski definition) is 2. The summed E-state index contributed by atoms with van der Waals surface area (Å²) in [6.45, 7) is 2.05. The number of carbonyl (C=O) groups excluding carboxylic acids is 1. The molecule has 0 fully saturated rings. The number of para-hydroxylation sites is 1. The van der Waals surface area contributed by atoms with Gasteiger partial charge in [0.1, 0.15) is 5.75 Å². The predicted octanol–water partition coefficient (Wildman–Crippen LogP) is 3.10. The summed E-state index contributed by atoms with van der Waals surface area (Å²) in [4.78, 5) is 13.7. The molecular formula is C15H22ClNO2. The number of alkyl halides is 1. The standard InChI is InChI=1S/C15H22ClNO2/c1-12(17(2)15(18)9-6-10-16)11-13-7-4-5-8-14(13)19-3/h4-5,7-8,12H,6,9-11H2,1-3H3. The Hall–Kier alpha value is -1.22. The van der Waals surface area contributed by atoms with Gasteiger partial charge in [-0.2, -0.15) is 0 Å². The molecule has 19 heavy (non-hydrogen) atoms. The lowest BCUT2D eigenvalue weighted by Gasteiger charge is -2.25. The summed E-state index contributed by atoms with van der Waals surface area (Å²) in [5.41, 5.74) is 1.12. The van der Waals surface area contributed by atoms with Crippen LogP contribution in [0.4, 0.5) is 0 Å². The SMILES string of the molecule is COc1ccccc1CC(C)N(C)C(=O)CCCCl. The van der Waals surface area contributed by atoms with E-state index in [1.165, 1.54) is 0 Å². The molecule has 0 spiro atoms. The molecule has 0 aromatic heterocycles. The van der Waals surface area contributed by atoms with Gasteiger partial charge in [0, 0.05) is 25.4 Å². The Morgan fingerprint density at radius 3 is 2.74 bits per heavy atom. The number of benzene rings is 1. The molecule has 0 aliphatic rings. The highest BCUT2D eigenvalue weighted by atomic mass is 35.5. The van der Waals surface area contributed by atoms with Gasteiger partial charge in [0.15, 0.2) is 0 Å². The van der Waals surface area contributed by atoms with Gasteiger partial charge in [-0.15, -0.1) is 11.6 Å². The van der Waals surface area contributed by atoms with Crippen LogP contribution in [0.15, 0.2) is 24.3 Å². The minimum atomic E-state index is 0.138. The van der Waals surface area contributed by atoms with E-state index in [-0.39, 0.29) is 11.9 Å². The molecule has 0 heterocycles. The number of rotatable bonds is 7. The van der Waals surface area contributed by atoms with Crippen LogP contribution in [0.1, 0.15) is 25.3 Å². The van der Waals surface area contributed by atoms with Crippen LogP contribution in [0.2, 0.25) is 0 Å². The molecule has 0 aliphatic carbocycles. The lowest BCUT2D eigenvalue weighted by molar-refractivity contribution is -0.131. The van der Waals surface area contributed by atoms with Crippen LogP contribution in [-0.2, 0) is 11.2 Å². The molecular weight excluding hydrogens is 262 g/mol. The summed E-state index contributed by atoms with van der Waals surface area (Å²) < 4.78 is 5.33. The van der Waals surface area contributed by atoms with Gasteiger partial charge in [-0.25, -0.2) is 0 Å². The topological polar surface area (TPSA) is 29.5 Å². The summed E-state index contributed by atoms with van der Waals surface area (Å²) in [5.74, 6) is 1.54. The van der Waals surface area contributed by atoms with Gasteiger partial charge in [0.25, 0.3) is 0 Å². The molecule has 0 aliphatic heterocycles. The maximum absolute atomic E-state index is 11.9. The summed E-state index contributed by atoms with van der Waals surface area (Å²) >= 11 is 5.61. The van der Waals surface area contributed by atoms with Crippen molar-refractivity contribution in [2.45, 2.75) is 32.2 Å². The van der Waals surface area contributed by atoms with E-state index in [1.807, 2.05) is 38.2 Å². The highest BCUT2D eigenvalue weighted by Gasteiger charge is 2.17. The van der Waals surface area contributed by atoms with Crippen LogP contribution < -0.4 is 4.74 Å². The Labute approximate surface area is 120 Å². The van der Waals surface area contributed by atoms with Crippen molar-refractivity contribution in [2.24, 2.45) is 0 Å². The molecule has 1 aromatic carbocycles. The number of methoxy groups -OCH3 is 1. The summed E-state index contributed by atoms with van der Waals surface area (Å²) in [6, 6.07) is 8.05. The lowest BCUT2D eigenvalue weighted by atomic mass is 10.0. The van der Waals surface area contributed by atoms with Crippen molar-refractivity contribution < 1.29 is 9.53 Å². The van der Waals surface area contributed by atoms with Crippen molar-refractivity contribution in [1.82, 2.24) is 4.90 Å². The van der Waals surface area contributed by atoms with Crippen LogP contribution in [-0.4, -0.2) is 36.9 Å². The second kappa shape index (κ2) is 8.05. The third kappa shape index (κ3) is 4.75. The first-order chi connectivity index (χ1) is 9.10. The number of carbonyl (C=O) groups is 1. The van der Waals surface area contributed by atoms with E-state index in [0.29, 0.717) is 12.3 Å². The normalized spacial score (nSPS) is 12.0. The number of nitrogens with zero attached hydrogens (tertiary/aromatic N) is 1. The van der Waals surface area contributed by atoms with Gasteiger partial charge in [-0.1, -0.05) is 18.2 Å². The molecule has 0 radical (unpaired) electrons. The van der Waals surface area contributed by atoms with Crippen molar-refractivity contribution in [1.29, 1.82) is 0 Å². The van der Waals surface area contributed by atoms with Crippen LogP contribution in [0, 0.1) is 0 Å². The Morgan fingerprint density at radius 1 is 1.42 bits per heavy atom. The second-order valence-corrected chi connectivity index (χ2v) is 5.04. The molecule has 3 nitrogen and oxygen atoms in total. The van der Waals surface area contributed by atoms with Crippen molar-refractivity contribution in [3.05, 3.63) is 29.8 Å². The molecule has 0 saturated heterocycles. The fraction of sp³-hybridized carbons (Fsp3) is 0.533. The average Bonchev–Trinajstić information content (AvgIpc) is 2.44. The quantitative estimate of drug-likeness (QED) is 0.720. The van der Waals surface area contributed by atoms with Crippen LogP contribution in [0.3, 0.4) is 0 Å². The smallest absolute Gasteiger partial charge is 0.222 e. The zero-order valence-corrected chi connectivity index (χ0v) is 12.6. The molecule has 4 heteroatoms. The maximum atomic E-state index is 11.9. The van der Waals surface area contributed by atoms with E-state index >= 15 is 0 Å². The average molecular weight is 284 g/mol. The monoisotopic (exact) mass is 283 g/mol. The van der Waals surface area contributed by atoms with Crippen molar-refractivity contribution >= 4 is 17.5 Å². The minimum absolute atomic E-state index is 0.138. The number of amides is 1. The molecule has 106 valence electrons. The van der Waals surface area contributed by atoms with Crippen LogP contribution >= 0.6 is 11.6 Å². The summed E-state index contributed by atoms with van der Waals surface area (Å²) in [6.07, 6.45) is 2.02. The van der Waals surface area contributed by atoms with Crippen LogP contribution in [0.25, 0.3) is 0 Å². The summed E-state index contributed by atoms with van der Waals surface area (Å²) in [7, 11) is 3.51. The fourth-order valence-electron chi connectivity index (χ4n) is 1.97. The Balaban J connectivity index is 2.63. The lowest BCUT2D eigenvalue weighted by Crippen LogP contribution is -2.36. The number of likely N-dealkylation sites (N-methyl/N-ethyl adjacent to an activating group) is 1. The molecule has 1 rings (SSSR count). The number of hydrogen-bond donors (Lipinski definition) is 0. The zero-order chi connectivity index (χ0) is 14.3. The maximum Gasteiger partial charge on any atom is 0.222 e. The van der Waals surface area contributed by atoms with E-state index in [2.05, 4.69) is 0 Å². The molecule has 0 N–H and O–H groups in total. The first-order valence-corrected chi connectivity index (χ1v) is 7.07. The Bertz CT molecular complexity index is 409. The van der Waals surface area contributed by atoms with Crippen molar-refractivity contribution in [3.8, 4) is 5.75 Å². The van der Waals surface area contributed by atoms with Crippen molar-refractivity contribution in [3.63, 3.8) is 0 Å². The van der Waals surface area contributed by atoms with E-state index in [1.54, 1.807) is 12.0 Å². The predicted molar refractivity (Wildman–Crippen MR) is 78.9 cm³/mol. The second-order valence-electron chi connectivity index (χ2n) is 4.66. The molecule has 1 amide bonds. The van der Waals surface area contributed by atoms with Gasteiger partial charge < -0.3 is 9.64 Å². The highest BCUT2D eigenvalue weighted by Crippen LogP contribution is 2.20.